The monoisotopic (exact) mass is 257 g/mol. The highest BCUT2D eigenvalue weighted by Gasteiger charge is 2.22. The Morgan fingerprint density at radius 2 is 1.76 bits per heavy atom. The average molecular weight is 257 g/mol. The van der Waals surface area contributed by atoms with Crippen LogP contribution in [0.1, 0.15) is 27.0 Å². The maximum atomic E-state index is 11.6. The van der Waals surface area contributed by atoms with E-state index in [9.17, 15) is 13.2 Å². The van der Waals surface area contributed by atoms with Crippen molar-refractivity contribution in [3.63, 3.8) is 0 Å². The van der Waals surface area contributed by atoms with Gasteiger partial charge in [0.1, 0.15) is 0 Å². The van der Waals surface area contributed by atoms with E-state index in [0.717, 1.165) is 0 Å². The van der Waals surface area contributed by atoms with E-state index in [1.807, 2.05) is 0 Å². The zero-order chi connectivity index (χ0) is 13.4. The standard InChI is InChI=1S/C11H15NO4S/c1-6-5-7(2)10(17(12,14)15)8(3)9(6)11(13)16-4/h5H,1-4H3,(H2,12,14,15). The van der Waals surface area contributed by atoms with Crippen LogP contribution in [0.2, 0.25) is 0 Å². The molecule has 0 aromatic heterocycles. The number of hydrogen-bond donors (Lipinski definition) is 1. The van der Waals surface area contributed by atoms with Gasteiger partial charge in [-0.2, -0.15) is 0 Å². The van der Waals surface area contributed by atoms with Crippen LogP contribution in [0.4, 0.5) is 0 Å². The Hall–Kier alpha value is -1.40. The second kappa shape index (κ2) is 4.46. The topological polar surface area (TPSA) is 86.5 Å². The second-order valence-corrected chi connectivity index (χ2v) is 5.37. The fourth-order valence-electron chi connectivity index (χ4n) is 2.02. The van der Waals surface area contributed by atoms with Gasteiger partial charge >= 0.3 is 5.97 Å². The maximum Gasteiger partial charge on any atom is 0.338 e. The highest BCUT2D eigenvalue weighted by molar-refractivity contribution is 7.89. The number of primary sulfonamides is 1. The number of methoxy groups -OCH3 is 1. The molecule has 2 N–H and O–H groups in total. The number of carbonyl (C=O) groups is 1. The maximum absolute atomic E-state index is 11.6. The Balaban J connectivity index is 3.73. The number of hydrogen-bond acceptors (Lipinski definition) is 4. The van der Waals surface area contributed by atoms with Crippen LogP contribution in [0.3, 0.4) is 0 Å². The molecular weight excluding hydrogens is 242 g/mol. The van der Waals surface area contributed by atoms with Crippen LogP contribution >= 0.6 is 0 Å². The van der Waals surface area contributed by atoms with Crippen LogP contribution < -0.4 is 5.14 Å². The van der Waals surface area contributed by atoms with Gasteiger partial charge in [0.15, 0.2) is 0 Å². The van der Waals surface area contributed by atoms with E-state index in [-0.39, 0.29) is 10.5 Å². The van der Waals surface area contributed by atoms with Crippen molar-refractivity contribution in [3.05, 3.63) is 28.3 Å². The van der Waals surface area contributed by atoms with E-state index < -0.39 is 16.0 Å². The van der Waals surface area contributed by atoms with Gasteiger partial charge in [-0.05, 0) is 37.5 Å². The number of rotatable bonds is 2. The van der Waals surface area contributed by atoms with Crippen molar-refractivity contribution in [2.24, 2.45) is 5.14 Å². The van der Waals surface area contributed by atoms with Gasteiger partial charge < -0.3 is 4.74 Å². The molecule has 0 atom stereocenters. The Morgan fingerprint density at radius 3 is 2.18 bits per heavy atom. The van der Waals surface area contributed by atoms with Crippen LogP contribution in [-0.4, -0.2) is 21.5 Å². The number of aryl methyl sites for hydroxylation is 2. The van der Waals surface area contributed by atoms with Crippen molar-refractivity contribution < 1.29 is 17.9 Å². The molecule has 1 aromatic rings. The number of nitrogens with two attached hydrogens (primary N) is 1. The summed E-state index contributed by atoms with van der Waals surface area (Å²) in [6, 6.07) is 1.61. The molecule has 0 saturated carbocycles. The third-order valence-electron chi connectivity index (χ3n) is 2.58. The van der Waals surface area contributed by atoms with Crippen molar-refractivity contribution in [1.82, 2.24) is 0 Å². The highest BCUT2D eigenvalue weighted by Crippen LogP contribution is 2.25. The van der Waals surface area contributed by atoms with Gasteiger partial charge in [0, 0.05) is 0 Å². The van der Waals surface area contributed by atoms with Gasteiger partial charge in [-0.15, -0.1) is 0 Å². The van der Waals surface area contributed by atoms with Crippen molar-refractivity contribution in [1.29, 1.82) is 0 Å². The third kappa shape index (κ3) is 2.48. The lowest BCUT2D eigenvalue weighted by Gasteiger charge is -2.14. The molecule has 0 spiro atoms. The molecule has 0 radical (unpaired) electrons. The molecule has 17 heavy (non-hydrogen) atoms. The van der Waals surface area contributed by atoms with E-state index in [4.69, 9.17) is 5.14 Å². The van der Waals surface area contributed by atoms with Gasteiger partial charge in [-0.25, -0.2) is 18.4 Å². The molecule has 0 amide bonds. The van der Waals surface area contributed by atoms with Gasteiger partial charge in [0.2, 0.25) is 10.0 Å². The Bertz CT molecular complexity index is 576. The zero-order valence-electron chi connectivity index (χ0n) is 10.2. The quantitative estimate of drug-likeness (QED) is 0.802. The minimum Gasteiger partial charge on any atom is -0.465 e. The summed E-state index contributed by atoms with van der Waals surface area (Å²) in [6.45, 7) is 4.91. The summed E-state index contributed by atoms with van der Waals surface area (Å²) in [7, 11) is -2.61. The first-order valence-corrected chi connectivity index (χ1v) is 6.46. The van der Waals surface area contributed by atoms with Crippen molar-refractivity contribution in [2.45, 2.75) is 25.7 Å². The second-order valence-electron chi connectivity index (χ2n) is 3.88. The van der Waals surface area contributed by atoms with Gasteiger partial charge in [0.25, 0.3) is 0 Å². The summed E-state index contributed by atoms with van der Waals surface area (Å²) in [5, 5.41) is 5.14. The van der Waals surface area contributed by atoms with Crippen molar-refractivity contribution in [2.75, 3.05) is 7.11 Å². The highest BCUT2D eigenvalue weighted by atomic mass is 32.2. The third-order valence-corrected chi connectivity index (χ3v) is 3.77. The molecule has 0 bridgehead atoms. The summed E-state index contributed by atoms with van der Waals surface area (Å²) in [5.74, 6) is -0.565. The first kappa shape index (κ1) is 13.7. The SMILES string of the molecule is COC(=O)c1c(C)cc(C)c(S(N)(=O)=O)c1C. The minimum atomic E-state index is -3.85. The molecule has 1 rings (SSSR count). The summed E-state index contributed by atoms with van der Waals surface area (Å²) in [5.41, 5.74) is 1.77. The fraction of sp³-hybridized carbons (Fsp3) is 0.364. The summed E-state index contributed by atoms with van der Waals surface area (Å²) in [4.78, 5) is 11.6. The first-order chi connectivity index (χ1) is 7.70. The van der Waals surface area contributed by atoms with Crippen LogP contribution in [0.15, 0.2) is 11.0 Å². The van der Waals surface area contributed by atoms with E-state index in [0.29, 0.717) is 16.7 Å². The molecule has 0 aliphatic carbocycles. The van der Waals surface area contributed by atoms with E-state index >= 15 is 0 Å². The molecule has 0 saturated heterocycles. The number of ether oxygens (including phenoxy) is 1. The normalized spacial score (nSPS) is 11.4. The lowest BCUT2D eigenvalue weighted by molar-refractivity contribution is 0.0598. The number of benzene rings is 1. The molecular formula is C11H15NO4S. The largest absolute Gasteiger partial charge is 0.465 e. The Morgan fingerprint density at radius 1 is 1.24 bits per heavy atom. The van der Waals surface area contributed by atoms with Crippen LogP contribution in [0.5, 0.6) is 0 Å². The molecule has 0 aliphatic heterocycles. The zero-order valence-corrected chi connectivity index (χ0v) is 11.0. The summed E-state index contributed by atoms with van der Waals surface area (Å²) < 4.78 is 27.6. The first-order valence-electron chi connectivity index (χ1n) is 4.92. The minimum absolute atomic E-state index is 0.0106. The van der Waals surface area contributed by atoms with Gasteiger partial charge in [0.05, 0.1) is 17.6 Å². The van der Waals surface area contributed by atoms with E-state index in [2.05, 4.69) is 4.74 Å². The molecule has 0 fully saturated rings. The summed E-state index contributed by atoms with van der Waals surface area (Å²) in [6.07, 6.45) is 0. The Kier molecular flexibility index (Phi) is 3.59. The molecule has 5 nitrogen and oxygen atoms in total. The van der Waals surface area contributed by atoms with Crippen LogP contribution in [0, 0.1) is 20.8 Å². The van der Waals surface area contributed by atoms with E-state index in [1.54, 1.807) is 26.8 Å². The van der Waals surface area contributed by atoms with Crippen LogP contribution in [0.25, 0.3) is 0 Å². The number of esters is 1. The lowest BCUT2D eigenvalue weighted by atomic mass is 10.00. The summed E-state index contributed by atoms with van der Waals surface area (Å²) >= 11 is 0. The molecule has 94 valence electrons. The smallest absolute Gasteiger partial charge is 0.338 e. The average Bonchev–Trinajstić information content (AvgIpc) is 2.13. The Labute approximate surface area is 101 Å². The number of carbonyl (C=O) groups excluding carboxylic acids is 1. The molecule has 0 unspecified atom stereocenters. The molecule has 1 aromatic carbocycles. The molecule has 6 heteroatoms. The predicted molar refractivity (Wildman–Crippen MR) is 63.4 cm³/mol. The van der Waals surface area contributed by atoms with Gasteiger partial charge in [-0.3, -0.25) is 0 Å². The fourth-order valence-corrected chi connectivity index (χ4v) is 3.06. The van der Waals surface area contributed by atoms with Gasteiger partial charge in [-0.1, -0.05) is 6.07 Å². The predicted octanol–water partition coefficient (Wildman–Crippen LogP) is 1.05. The molecule has 0 aliphatic rings. The molecule has 0 heterocycles. The van der Waals surface area contributed by atoms with Crippen LogP contribution in [-0.2, 0) is 14.8 Å². The lowest BCUT2D eigenvalue weighted by Crippen LogP contribution is -2.18. The van der Waals surface area contributed by atoms with E-state index in [1.165, 1.54) is 7.11 Å². The van der Waals surface area contributed by atoms with Crippen molar-refractivity contribution in [3.8, 4) is 0 Å². The number of sulfonamides is 1. The van der Waals surface area contributed by atoms with Crippen molar-refractivity contribution >= 4 is 16.0 Å².